The second-order valence-corrected chi connectivity index (χ2v) is 5.31. The van der Waals surface area contributed by atoms with Gasteiger partial charge in [-0.2, -0.15) is 0 Å². The number of hydrogen-bond donors (Lipinski definition) is 3. The standard InChI is InChI=1S/C13H21Cl2N3O/c1-3-6-16-12-10(14)8-11(15)13(18-12)17-7-4-5-9(2)19/h8-9,19H,3-7H2,1-2H3,(H2,16,17,18). The Morgan fingerprint density at radius 2 is 1.79 bits per heavy atom. The zero-order valence-electron chi connectivity index (χ0n) is 11.3. The van der Waals surface area contributed by atoms with Gasteiger partial charge in [-0.25, -0.2) is 4.98 Å². The molecule has 1 aromatic rings. The maximum absolute atomic E-state index is 9.18. The van der Waals surface area contributed by atoms with Gasteiger partial charge in [-0.1, -0.05) is 30.1 Å². The summed E-state index contributed by atoms with van der Waals surface area (Å²) in [6.45, 7) is 5.38. The van der Waals surface area contributed by atoms with Gasteiger partial charge in [0.1, 0.15) is 11.6 Å². The van der Waals surface area contributed by atoms with E-state index in [1.165, 1.54) is 0 Å². The Morgan fingerprint density at radius 1 is 1.21 bits per heavy atom. The van der Waals surface area contributed by atoms with Crippen LogP contribution in [-0.2, 0) is 0 Å². The lowest BCUT2D eigenvalue weighted by Crippen LogP contribution is -2.09. The van der Waals surface area contributed by atoms with Crippen LogP contribution in [0, 0.1) is 0 Å². The number of nitrogens with zero attached hydrogens (tertiary/aromatic N) is 1. The average molecular weight is 306 g/mol. The fourth-order valence-electron chi connectivity index (χ4n) is 1.56. The van der Waals surface area contributed by atoms with Gasteiger partial charge in [0, 0.05) is 13.1 Å². The van der Waals surface area contributed by atoms with Gasteiger partial charge in [0.2, 0.25) is 0 Å². The van der Waals surface area contributed by atoms with E-state index in [0.717, 1.165) is 25.8 Å². The fourth-order valence-corrected chi connectivity index (χ4v) is 2.05. The number of hydrogen-bond acceptors (Lipinski definition) is 4. The highest BCUT2D eigenvalue weighted by Crippen LogP contribution is 2.29. The van der Waals surface area contributed by atoms with E-state index >= 15 is 0 Å². The molecule has 0 spiro atoms. The molecule has 0 bridgehead atoms. The molecular formula is C13H21Cl2N3O. The highest BCUT2D eigenvalue weighted by atomic mass is 35.5. The topological polar surface area (TPSA) is 57.2 Å². The molecule has 6 heteroatoms. The smallest absolute Gasteiger partial charge is 0.147 e. The summed E-state index contributed by atoms with van der Waals surface area (Å²) in [5, 5.41) is 16.5. The third-order valence-corrected chi connectivity index (χ3v) is 3.14. The number of halogens is 2. The quantitative estimate of drug-likeness (QED) is 0.640. The maximum Gasteiger partial charge on any atom is 0.147 e. The zero-order valence-corrected chi connectivity index (χ0v) is 12.9. The molecule has 0 aromatic carbocycles. The van der Waals surface area contributed by atoms with Crippen LogP contribution in [0.2, 0.25) is 10.0 Å². The zero-order chi connectivity index (χ0) is 14.3. The SMILES string of the molecule is CCCNc1nc(NCCCC(C)O)c(Cl)cc1Cl. The Labute approximate surface area is 124 Å². The second-order valence-electron chi connectivity index (χ2n) is 4.49. The van der Waals surface area contributed by atoms with Gasteiger partial charge in [0.25, 0.3) is 0 Å². The predicted molar refractivity (Wildman–Crippen MR) is 82.4 cm³/mol. The van der Waals surface area contributed by atoms with Crippen molar-refractivity contribution in [3.05, 3.63) is 16.1 Å². The van der Waals surface area contributed by atoms with Gasteiger partial charge in [-0.05, 0) is 32.3 Å². The highest BCUT2D eigenvalue weighted by Gasteiger charge is 2.08. The lowest BCUT2D eigenvalue weighted by Gasteiger charge is -2.12. The van der Waals surface area contributed by atoms with Crippen molar-refractivity contribution in [2.45, 2.75) is 39.2 Å². The van der Waals surface area contributed by atoms with Crippen molar-refractivity contribution >= 4 is 34.8 Å². The first-order valence-corrected chi connectivity index (χ1v) is 7.32. The molecule has 1 aromatic heterocycles. The summed E-state index contributed by atoms with van der Waals surface area (Å²) in [4.78, 5) is 4.38. The van der Waals surface area contributed by atoms with E-state index in [1.807, 2.05) is 0 Å². The maximum atomic E-state index is 9.18. The third kappa shape index (κ3) is 5.85. The molecule has 0 aliphatic rings. The van der Waals surface area contributed by atoms with Gasteiger partial charge >= 0.3 is 0 Å². The lowest BCUT2D eigenvalue weighted by molar-refractivity contribution is 0.183. The summed E-state index contributed by atoms with van der Waals surface area (Å²) in [6.07, 6.45) is 2.32. The van der Waals surface area contributed by atoms with Gasteiger partial charge < -0.3 is 15.7 Å². The predicted octanol–water partition coefficient (Wildman–Crippen LogP) is 3.78. The molecule has 1 atom stereocenters. The Morgan fingerprint density at radius 3 is 2.32 bits per heavy atom. The molecule has 1 heterocycles. The summed E-state index contributed by atoms with van der Waals surface area (Å²) >= 11 is 12.2. The Kier molecular flexibility index (Phi) is 7.28. The van der Waals surface area contributed by atoms with Crippen molar-refractivity contribution in [3.63, 3.8) is 0 Å². The van der Waals surface area contributed by atoms with Crippen LogP contribution >= 0.6 is 23.2 Å². The van der Waals surface area contributed by atoms with Crippen molar-refractivity contribution in [2.24, 2.45) is 0 Å². The molecule has 4 nitrogen and oxygen atoms in total. The molecule has 0 amide bonds. The van der Waals surface area contributed by atoms with E-state index in [0.29, 0.717) is 28.2 Å². The molecule has 19 heavy (non-hydrogen) atoms. The van der Waals surface area contributed by atoms with Crippen molar-refractivity contribution in [3.8, 4) is 0 Å². The minimum Gasteiger partial charge on any atom is -0.393 e. The Balaban J connectivity index is 2.61. The molecule has 0 saturated carbocycles. The number of nitrogens with one attached hydrogen (secondary N) is 2. The van der Waals surface area contributed by atoms with Gasteiger partial charge in [-0.3, -0.25) is 0 Å². The minimum atomic E-state index is -0.280. The Hall–Kier alpha value is -0.710. The summed E-state index contributed by atoms with van der Waals surface area (Å²) in [6, 6.07) is 1.69. The molecule has 3 N–H and O–H groups in total. The van der Waals surface area contributed by atoms with Gasteiger partial charge in [0.15, 0.2) is 0 Å². The monoisotopic (exact) mass is 305 g/mol. The fraction of sp³-hybridized carbons (Fsp3) is 0.615. The summed E-state index contributed by atoms with van der Waals surface area (Å²) in [5.41, 5.74) is 0. The van der Waals surface area contributed by atoms with Crippen LogP contribution in [0.25, 0.3) is 0 Å². The minimum absolute atomic E-state index is 0.280. The van der Waals surface area contributed by atoms with Crippen molar-refractivity contribution < 1.29 is 5.11 Å². The van der Waals surface area contributed by atoms with Crippen LogP contribution in [0.15, 0.2) is 6.07 Å². The first-order chi connectivity index (χ1) is 9.04. The lowest BCUT2D eigenvalue weighted by atomic mass is 10.2. The van der Waals surface area contributed by atoms with Crippen LogP contribution in [-0.4, -0.2) is 29.3 Å². The van der Waals surface area contributed by atoms with E-state index in [2.05, 4.69) is 22.5 Å². The molecular weight excluding hydrogens is 285 g/mol. The number of aromatic nitrogens is 1. The van der Waals surface area contributed by atoms with Crippen LogP contribution < -0.4 is 10.6 Å². The summed E-state index contributed by atoms with van der Waals surface area (Å²) in [5.74, 6) is 1.27. The van der Waals surface area contributed by atoms with E-state index in [-0.39, 0.29) is 6.10 Å². The molecule has 0 fully saturated rings. The first kappa shape index (κ1) is 16.3. The normalized spacial score (nSPS) is 12.3. The number of anilines is 2. The molecule has 1 unspecified atom stereocenters. The highest BCUT2D eigenvalue weighted by molar-refractivity contribution is 6.37. The average Bonchev–Trinajstić information content (AvgIpc) is 2.35. The van der Waals surface area contributed by atoms with Crippen LogP contribution in [0.1, 0.15) is 33.1 Å². The van der Waals surface area contributed by atoms with E-state index in [4.69, 9.17) is 23.2 Å². The molecule has 1 rings (SSSR count). The summed E-state index contributed by atoms with van der Waals surface area (Å²) in [7, 11) is 0. The Bertz CT molecular complexity index is 400. The van der Waals surface area contributed by atoms with Crippen LogP contribution in [0.3, 0.4) is 0 Å². The van der Waals surface area contributed by atoms with Crippen molar-refractivity contribution in [1.29, 1.82) is 0 Å². The molecule has 0 saturated heterocycles. The van der Waals surface area contributed by atoms with Crippen molar-refractivity contribution in [1.82, 2.24) is 4.98 Å². The number of aliphatic hydroxyl groups excluding tert-OH is 1. The van der Waals surface area contributed by atoms with Crippen LogP contribution in [0.5, 0.6) is 0 Å². The van der Waals surface area contributed by atoms with Crippen molar-refractivity contribution in [2.75, 3.05) is 23.7 Å². The molecule has 0 aliphatic heterocycles. The first-order valence-electron chi connectivity index (χ1n) is 6.56. The third-order valence-electron chi connectivity index (χ3n) is 2.56. The largest absolute Gasteiger partial charge is 0.393 e. The molecule has 108 valence electrons. The van der Waals surface area contributed by atoms with E-state index in [1.54, 1.807) is 13.0 Å². The second kappa shape index (κ2) is 8.46. The number of pyridine rings is 1. The number of rotatable bonds is 8. The molecule has 0 aliphatic carbocycles. The number of aliphatic hydroxyl groups is 1. The van der Waals surface area contributed by atoms with Crippen LogP contribution in [0.4, 0.5) is 11.6 Å². The van der Waals surface area contributed by atoms with E-state index in [9.17, 15) is 5.11 Å². The summed E-state index contributed by atoms with van der Waals surface area (Å²) < 4.78 is 0. The van der Waals surface area contributed by atoms with Gasteiger partial charge in [-0.15, -0.1) is 0 Å². The van der Waals surface area contributed by atoms with E-state index < -0.39 is 0 Å². The van der Waals surface area contributed by atoms with Gasteiger partial charge in [0.05, 0.1) is 16.1 Å². The molecule has 0 radical (unpaired) electrons.